The number of hydrogen-bond acceptors (Lipinski definition) is 4. The highest BCUT2D eigenvalue weighted by atomic mass is 16.5. The van der Waals surface area contributed by atoms with Crippen molar-refractivity contribution in [1.29, 1.82) is 0 Å². The van der Waals surface area contributed by atoms with E-state index in [0.717, 1.165) is 18.0 Å². The van der Waals surface area contributed by atoms with E-state index in [-0.39, 0.29) is 5.75 Å². The molecule has 1 aliphatic rings. The van der Waals surface area contributed by atoms with E-state index in [0.29, 0.717) is 23.5 Å². The Kier molecular flexibility index (Phi) is 5.34. The van der Waals surface area contributed by atoms with Crippen LogP contribution in [0.3, 0.4) is 0 Å². The van der Waals surface area contributed by atoms with Gasteiger partial charge in [-0.3, -0.25) is 0 Å². The van der Waals surface area contributed by atoms with Crippen molar-refractivity contribution in [2.45, 2.75) is 45.7 Å². The van der Waals surface area contributed by atoms with Gasteiger partial charge in [-0.15, -0.1) is 0 Å². The van der Waals surface area contributed by atoms with Crippen molar-refractivity contribution in [2.75, 3.05) is 14.2 Å². The second-order valence-electron chi connectivity index (χ2n) is 6.23. The summed E-state index contributed by atoms with van der Waals surface area (Å²) >= 11 is 0. The molecule has 1 fully saturated rings. The molecule has 0 amide bonds. The van der Waals surface area contributed by atoms with Gasteiger partial charge in [0.2, 0.25) is 5.75 Å². The summed E-state index contributed by atoms with van der Waals surface area (Å²) in [5.41, 5.74) is 1.06. The summed E-state index contributed by atoms with van der Waals surface area (Å²) in [6.45, 7) is 5.42. The molecule has 1 saturated carbocycles. The van der Waals surface area contributed by atoms with Crippen LogP contribution >= 0.6 is 0 Å². The molecule has 118 valence electrons. The summed E-state index contributed by atoms with van der Waals surface area (Å²) in [4.78, 5) is 0. The number of nitrogens with one attached hydrogen (secondary N) is 1. The first kappa shape index (κ1) is 16.0. The summed E-state index contributed by atoms with van der Waals surface area (Å²) in [5.74, 6) is 2.51. The molecule has 2 rings (SSSR count). The van der Waals surface area contributed by atoms with Gasteiger partial charge in [0, 0.05) is 12.6 Å². The largest absolute Gasteiger partial charge is 0.502 e. The molecule has 3 unspecified atom stereocenters. The third kappa shape index (κ3) is 3.82. The lowest BCUT2D eigenvalue weighted by molar-refractivity contribution is 0.227. The van der Waals surface area contributed by atoms with Gasteiger partial charge in [-0.25, -0.2) is 0 Å². The molecule has 0 radical (unpaired) electrons. The number of hydrogen-bond donors (Lipinski definition) is 2. The van der Waals surface area contributed by atoms with Crippen molar-refractivity contribution in [3.8, 4) is 17.2 Å². The van der Waals surface area contributed by atoms with Gasteiger partial charge in [0.15, 0.2) is 11.5 Å². The first-order valence-corrected chi connectivity index (χ1v) is 7.72. The van der Waals surface area contributed by atoms with E-state index in [4.69, 9.17) is 9.47 Å². The smallest absolute Gasteiger partial charge is 0.200 e. The molecular weight excluding hydrogens is 266 g/mol. The molecule has 0 aromatic heterocycles. The zero-order valence-corrected chi connectivity index (χ0v) is 13.5. The van der Waals surface area contributed by atoms with Gasteiger partial charge in [0.25, 0.3) is 0 Å². The molecule has 0 saturated heterocycles. The monoisotopic (exact) mass is 293 g/mol. The predicted octanol–water partition coefficient (Wildman–Crippen LogP) is 3.32. The van der Waals surface area contributed by atoms with E-state index < -0.39 is 0 Å². The Morgan fingerprint density at radius 3 is 2.29 bits per heavy atom. The number of phenols is 1. The molecule has 4 nitrogen and oxygen atoms in total. The average Bonchev–Trinajstić information content (AvgIpc) is 2.47. The Morgan fingerprint density at radius 2 is 1.76 bits per heavy atom. The second kappa shape index (κ2) is 7.03. The second-order valence-corrected chi connectivity index (χ2v) is 6.23. The molecule has 1 aromatic rings. The van der Waals surface area contributed by atoms with Gasteiger partial charge in [-0.1, -0.05) is 13.8 Å². The standard InChI is InChI=1S/C17H27NO3/c1-11-5-6-14(12(2)7-11)18-10-13-8-15(20-3)17(19)16(9-13)21-4/h8-9,11-12,14,18-19H,5-7,10H2,1-4H3. The Morgan fingerprint density at radius 1 is 1.14 bits per heavy atom. The van der Waals surface area contributed by atoms with Crippen LogP contribution in [-0.2, 0) is 6.54 Å². The number of methoxy groups -OCH3 is 2. The summed E-state index contributed by atoms with van der Waals surface area (Å²) in [6, 6.07) is 4.29. The van der Waals surface area contributed by atoms with E-state index in [1.807, 2.05) is 12.1 Å². The van der Waals surface area contributed by atoms with Crippen molar-refractivity contribution in [2.24, 2.45) is 11.8 Å². The number of benzene rings is 1. The Hall–Kier alpha value is -1.42. The van der Waals surface area contributed by atoms with Crippen LogP contribution in [-0.4, -0.2) is 25.4 Å². The lowest BCUT2D eigenvalue weighted by Crippen LogP contribution is -2.38. The molecule has 0 spiro atoms. The fourth-order valence-corrected chi connectivity index (χ4v) is 3.27. The highest BCUT2D eigenvalue weighted by Crippen LogP contribution is 2.37. The summed E-state index contributed by atoms with van der Waals surface area (Å²) in [6.07, 6.45) is 3.82. The lowest BCUT2D eigenvalue weighted by Gasteiger charge is -2.33. The van der Waals surface area contributed by atoms with E-state index in [1.54, 1.807) is 14.2 Å². The molecule has 1 aliphatic carbocycles. The molecule has 21 heavy (non-hydrogen) atoms. The van der Waals surface area contributed by atoms with Gasteiger partial charge >= 0.3 is 0 Å². The zero-order chi connectivity index (χ0) is 15.4. The highest BCUT2D eigenvalue weighted by molar-refractivity contribution is 5.52. The van der Waals surface area contributed by atoms with Crippen LogP contribution in [0.2, 0.25) is 0 Å². The number of rotatable bonds is 5. The van der Waals surface area contributed by atoms with Crippen LogP contribution in [0.1, 0.15) is 38.7 Å². The van der Waals surface area contributed by atoms with E-state index >= 15 is 0 Å². The summed E-state index contributed by atoms with van der Waals surface area (Å²) < 4.78 is 10.4. The number of phenolic OH excluding ortho intramolecular Hbond substituents is 1. The predicted molar refractivity (Wildman–Crippen MR) is 84.0 cm³/mol. The van der Waals surface area contributed by atoms with Gasteiger partial charge in [-0.2, -0.15) is 0 Å². The Balaban J connectivity index is 2.03. The quantitative estimate of drug-likeness (QED) is 0.874. The molecule has 4 heteroatoms. The fraction of sp³-hybridized carbons (Fsp3) is 0.647. The van der Waals surface area contributed by atoms with Gasteiger partial charge in [-0.05, 0) is 48.8 Å². The maximum atomic E-state index is 9.93. The maximum Gasteiger partial charge on any atom is 0.200 e. The van der Waals surface area contributed by atoms with Crippen LogP contribution in [0, 0.1) is 11.8 Å². The van der Waals surface area contributed by atoms with Gasteiger partial charge < -0.3 is 19.9 Å². The van der Waals surface area contributed by atoms with Crippen LogP contribution in [0.4, 0.5) is 0 Å². The van der Waals surface area contributed by atoms with E-state index in [9.17, 15) is 5.11 Å². The average molecular weight is 293 g/mol. The molecular formula is C17H27NO3. The van der Waals surface area contributed by atoms with Crippen molar-refractivity contribution in [3.63, 3.8) is 0 Å². The third-order valence-corrected chi connectivity index (χ3v) is 4.54. The number of aromatic hydroxyl groups is 1. The Labute approximate surface area is 127 Å². The molecule has 0 heterocycles. The van der Waals surface area contributed by atoms with E-state index in [2.05, 4.69) is 19.2 Å². The van der Waals surface area contributed by atoms with Crippen molar-refractivity contribution in [1.82, 2.24) is 5.32 Å². The van der Waals surface area contributed by atoms with Crippen LogP contribution < -0.4 is 14.8 Å². The summed E-state index contributed by atoms with van der Waals surface area (Å²) in [5, 5.41) is 13.6. The topological polar surface area (TPSA) is 50.7 Å². The minimum Gasteiger partial charge on any atom is -0.502 e. The molecule has 0 aliphatic heterocycles. The van der Waals surface area contributed by atoms with E-state index in [1.165, 1.54) is 19.3 Å². The van der Waals surface area contributed by atoms with Crippen molar-refractivity contribution in [3.05, 3.63) is 17.7 Å². The molecule has 3 atom stereocenters. The molecule has 2 N–H and O–H groups in total. The molecule has 1 aromatic carbocycles. The molecule has 0 bridgehead atoms. The number of ether oxygens (including phenoxy) is 2. The normalized spacial score (nSPS) is 25.6. The SMILES string of the molecule is COc1cc(CNC2CCC(C)CC2C)cc(OC)c1O. The van der Waals surface area contributed by atoms with Crippen molar-refractivity contribution < 1.29 is 14.6 Å². The third-order valence-electron chi connectivity index (χ3n) is 4.54. The van der Waals surface area contributed by atoms with Crippen LogP contribution in [0.5, 0.6) is 17.2 Å². The first-order chi connectivity index (χ1) is 10.0. The highest BCUT2D eigenvalue weighted by Gasteiger charge is 2.24. The maximum absolute atomic E-state index is 9.93. The first-order valence-electron chi connectivity index (χ1n) is 7.72. The fourth-order valence-electron chi connectivity index (χ4n) is 3.27. The van der Waals surface area contributed by atoms with Gasteiger partial charge in [0.1, 0.15) is 0 Å². The zero-order valence-electron chi connectivity index (χ0n) is 13.5. The minimum atomic E-state index is 0.0589. The minimum absolute atomic E-state index is 0.0589. The van der Waals surface area contributed by atoms with Gasteiger partial charge in [0.05, 0.1) is 14.2 Å². The van der Waals surface area contributed by atoms with Crippen LogP contribution in [0.15, 0.2) is 12.1 Å². The van der Waals surface area contributed by atoms with Crippen molar-refractivity contribution >= 4 is 0 Å². The summed E-state index contributed by atoms with van der Waals surface area (Å²) in [7, 11) is 3.10. The lowest BCUT2D eigenvalue weighted by atomic mass is 9.80. The Bertz CT molecular complexity index is 450. The van der Waals surface area contributed by atoms with Crippen LogP contribution in [0.25, 0.3) is 0 Å².